The Morgan fingerprint density at radius 2 is 1.97 bits per heavy atom. The third kappa shape index (κ3) is 5.31. The molecule has 2 aromatic carbocycles. The molecule has 1 fully saturated rings. The molecule has 0 saturated carbocycles. The van der Waals surface area contributed by atoms with E-state index in [1.807, 2.05) is 49.2 Å². The van der Waals surface area contributed by atoms with Crippen molar-refractivity contribution in [1.82, 2.24) is 4.90 Å². The summed E-state index contributed by atoms with van der Waals surface area (Å²) >= 11 is 2.91. The fourth-order valence-electron chi connectivity index (χ4n) is 4.09. The number of nitrogens with zero attached hydrogens (tertiary/aromatic N) is 3. The van der Waals surface area contributed by atoms with Crippen LogP contribution in [0.15, 0.2) is 85.1 Å². The lowest BCUT2D eigenvalue weighted by Gasteiger charge is -2.16. The highest BCUT2D eigenvalue weighted by atomic mass is 32.2. The fraction of sp³-hybridized carbons (Fsp3) is 0.222. The molecule has 0 spiro atoms. The zero-order chi connectivity index (χ0) is 26.6. The average Bonchev–Trinajstić information content (AvgIpc) is 3.61. The quantitative estimate of drug-likeness (QED) is 0.357. The summed E-state index contributed by atoms with van der Waals surface area (Å²) in [5.41, 5.74) is 3.03. The molecule has 0 bridgehead atoms. The topological polar surface area (TPSA) is 99.4 Å². The Morgan fingerprint density at radius 1 is 1.13 bits per heavy atom. The summed E-state index contributed by atoms with van der Waals surface area (Å²) in [7, 11) is 3.44. The summed E-state index contributed by atoms with van der Waals surface area (Å²) < 4.78 is 10.5. The second-order valence-corrected chi connectivity index (χ2v) is 10.5. The first-order valence-electron chi connectivity index (χ1n) is 12.0. The molecule has 38 heavy (non-hydrogen) atoms. The standard InChI is InChI=1S/C27H27N5O4S2/c1-4-28-19-12-11-17(29-23(33)16-35-3)14-20(19)30-27-32(15-18-8-7-13-36-18)25(34)24(38-27)26-31(2)21-9-5-6-10-22(21)37-26/h5-14,28H,4,15-16H2,1-3H3,(H,29,33)/b26-24-,30-27-. The zero-order valence-electron chi connectivity index (χ0n) is 21.2. The molecule has 196 valence electrons. The number of aliphatic imine (C=N–C) groups is 1. The van der Waals surface area contributed by atoms with Gasteiger partial charge in [0.15, 0.2) is 5.17 Å². The van der Waals surface area contributed by atoms with Gasteiger partial charge in [-0.1, -0.05) is 23.9 Å². The highest BCUT2D eigenvalue weighted by Crippen LogP contribution is 2.50. The fourth-order valence-corrected chi connectivity index (χ4v) is 6.43. The first kappa shape index (κ1) is 26.0. The Balaban J connectivity index is 1.55. The van der Waals surface area contributed by atoms with E-state index in [0.717, 1.165) is 21.3 Å². The number of furan rings is 1. The molecule has 2 aliphatic heterocycles. The maximum Gasteiger partial charge on any atom is 0.269 e. The number of benzene rings is 2. The van der Waals surface area contributed by atoms with Crippen LogP contribution >= 0.6 is 23.5 Å². The third-order valence-electron chi connectivity index (χ3n) is 5.83. The van der Waals surface area contributed by atoms with Crippen LogP contribution in [0.25, 0.3) is 0 Å². The number of fused-ring (bicyclic) bond motifs is 1. The van der Waals surface area contributed by atoms with Crippen molar-refractivity contribution in [2.24, 2.45) is 4.99 Å². The van der Waals surface area contributed by atoms with Crippen LogP contribution in [0.1, 0.15) is 12.7 Å². The lowest BCUT2D eigenvalue weighted by Crippen LogP contribution is -2.29. The largest absolute Gasteiger partial charge is 0.467 e. The van der Waals surface area contributed by atoms with Gasteiger partial charge < -0.3 is 24.7 Å². The van der Waals surface area contributed by atoms with Gasteiger partial charge in [-0.05, 0) is 61.2 Å². The average molecular weight is 550 g/mol. The number of amidine groups is 1. The smallest absolute Gasteiger partial charge is 0.269 e. The Kier molecular flexibility index (Phi) is 7.77. The molecule has 2 N–H and O–H groups in total. The number of carbonyl (C=O) groups is 2. The molecule has 1 saturated heterocycles. The van der Waals surface area contributed by atoms with Crippen LogP contribution in [0, 0.1) is 0 Å². The second kappa shape index (κ2) is 11.4. The number of carbonyl (C=O) groups excluding carboxylic acids is 2. The monoisotopic (exact) mass is 549 g/mol. The van der Waals surface area contributed by atoms with Crippen LogP contribution in [-0.4, -0.2) is 49.2 Å². The van der Waals surface area contributed by atoms with Gasteiger partial charge in [-0.25, -0.2) is 4.99 Å². The zero-order valence-corrected chi connectivity index (χ0v) is 22.8. The van der Waals surface area contributed by atoms with Crippen molar-refractivity contribution in [2.45, 2.75) is 18.4 Å². The van der Waals surface area contributed by atoms with Gasteiger partial charge in [-0.2, -0.15) is 0 Å². The minimum absolute atomic E-state index is 0.0510. The Bertz CT molecular complexity index is 1420. The number of ether oxygens (including phenoxy) is 1. The Morgan fingerprint density at radius 3 is 2.71 bits per heavy atom. The molecule has 2 aliphatic rings. The number of amides is 2. The number of nitrogens with one attached hydrogen (secondary N) is 2. The molecule has 9 nitrogen and oxygen atoms in total. The molecule has 5 rings (SSSR count). The van der Waals surface area contributed by atoms with Crippen LogP contribution in [-0.2, 0) is 20.9 Å². The number of anilines is 3. The van der Waals surface area contributed by atoms with Gasteiger partial charge >= 0.3 is 0 Å². The molecule has 0 unspecified atom stereocenters. The van der Waals surface area contributed by atoms with Gasteiger partial charge in [0.25, 0.3) is 5.91 Å². The number of methoxy groups -OCH3 is 1. The van der Waals surface area contributed by atoms with E-state index in [1.165, 1.54) is 18.9 Å². The van der Waals surface area contributed by atoms with Crippen LogP contribution in [0.5, 0.6) is 0 Å². The first-order chi connectivity index (χ1) is 18.5. The Labute approximate surface area is 229 Å². The van der Waals surface area contributed by atoms with Crippen molar-refractivity contribution in [2.75, 3.05) is 42.8 Å². The number of thioether (sulfide) groups is 2. The van der Waals surface area contributed by atoms with Gasteiger partial charge in [0.1, 0.15) is 17.3 Å². The van der Waals surface area contributed by atoms with E-state index >= 15 is 0 Å². The van der Waals surface area contributed by atoms with Crippen molar-refractivity contribution in [3.05, 3.63) is 76.6 Å². The van der Waals surface area contributed by atoms with E-state index in [0.29, 0.717) is 33.8 Å². The highest BCUT2D eigenvalue weighted by molar-refractivity contribution is 8.19. The molecule has 1 aromatic heterocycles. The minimum Gasteiger partial charge on any atom is -0.467 e. The van der Waals surface area contributed by atoms with Gasteiger partial charge in [-0.15, -0.1) is 0 Å². The maximum atomic E-state index is 13.8. The van der Waals surface area contributed by atoms with Crippen LogP contribution < -0.4 is 15.5 Å². The second-order valence-electron chi connectivity index (χ2n) is 8.47. The normalized spacial score (nSPS) is 17.9. The van der Waals surface area contributed by atoms with E-state index in [2.05, 4.69) is 16.7 Å². The van der Waals surface area contributed by atoms with E-state index in [9.17, 15) is 9.59 Å². The number of para-hydroxylation sites is 1. The van der Waals surface area contributed by atoms with Crippen molar-refractivity contribution in [3.8, 4) is 0 Å². The lowest BCUT2D eigenvalue weighted by atomic mass is 10.2. The summed E-state index contributed by atoms with van der Waals surface area (Å²) in [5, 5.41) is 7.52. The van der Waals surface area contributed by atoms with Crippen molar-refractivity contribution < 1.29 is 18.7 Å². The highest BCUT2D eigenvalue weighted by Gasteiger charge is 2.39. The summed E-state index contributed by atoms with van der Waals surface area (Å²) in [6.07, 6.45) is 1.59. The maximum absolute atomic E-state index is 13.8. The number of rotatable bonds is 8. The summed E-state index contributed by atoms with van der Waals surface area (Å²) in [4.78, 5) is 36.2. The lowest BCUT2D eigenvalue weighted by molar-refractivity contribution is -0.123. The van der Waals surface area contributed by atoms with Gasteiger partial charge in [0.05, 0.1) is 34.9 Å². The van der Waals surface area contributed by atoms with Gasteiger partial charge in [-0.3, -0.25) is 14.5 Å². The molecular formula is C27H27N5O4S2. The Hall–Kier alpha value is -3.67. The molecule has 2 amide bonds. The van der Waals surface area contributed by atoms with Crippen molar-refractivity contribution in [1.29, 1.82) is 0 Å². The van der Waals surface area contributed by atoms with E-state index in [4.69, 9.17) is 14.1 Å². The third-order valence-corrected chi connectivity index (χ3v) is 8.26. The van der Waals surface area contributed by atoms with Gasteiger partial charge in [0, 0.05) is 31.3 Å². The predicted molar refractivity (Wildman–Crippen MR) is 153 cm³/mol. The van der Waals surface area contributed by atoms with Gasteiger partial charge in [0.2, 0.25) is 5.91 Å². The summed E-state index contributed by atoms with van der Waals surface area (Å²) in [6, 6.07) is 17.2. The molecule has 0 radical (unpaired) electrons. The van der Waals surface area contributed by atoms with Crippen molar-refractivity contribution in [3.63, 3.8) is 0 Å². The molecule has 3 aromatic rings. The summed E-state index contributed by atoms with van der Waals surface area (Å²) in [5.74, 6) is 0.253. The van der Waals surface area contributed by atoms with Crippen LogP contribution in [0.4, 0.5) is 22.7 Å². The molecule has 3 heterocycles. The van der Waals surface area contributed by atoms with Crippen molar-refractivity contribution >= 4 is 63.3 Å². The first-order valence-corrected chi connectivity index (χ1v) is 13.6. The number of hydrogen-bond donors (Lipinski definition) is 2. The predicted octanol–water partition coefficient (Wildman–Crippen LogP) is 5.47. The SMILES string of the molecule is CCNc1ccc(NC(=O)COC)cc1/N=C1\S/C(=C2\Sc3ccccc3N2C)C(=O)N1Cc1ccco1. The van der Waals surface area contributed by atoms with Crippen LogP contribution in [0.2, 0.25) is 0 Å². The molecule has 0 aliphatic carbocycles. The molecule has 11 heteroatoms. The molecular weight excluding hydrogens is 522 g/mol. The van der Waals surface area contributed by atoms with E-state index in [-0.39, 0.29) is 25.0 Å². The van der Waals surface area contributed by atoms with E-state index < -0.39 is 0 Å². The minimum atomic E-state index is -0.264. The number of hydrogen-bond acceptors (Lipinski definition) is 9. The van der Waals surface area contributed by atoms with E-state index in [1.54, 1.807) is 41.1 Å². The molecule has 0 atom stereocenters. The van der Waals surface area contributed by atoms with Crippen LogP contribution in [0.3, 0.4) is 0 Å². The summed E-state index contributed by atoms with van der Waals surface area (Å²) in [6.45, 7) is 2.88.